The van der Waals surface area contributed by atoms with Crippen molar-refractivity contribution in [2.45, 2.75) is 25.4 Å². The number of nitrogens with two attached hydrogens (primary N) is 1. The molecule has 4 rings (SSSR count). The molecule has 0 spiro atoms. The highest BCUT2D eigenvalue weighted by atomic mass is 35.5. The van der Waals surface area contributed by atoms with Crippen LogP contribution in [0.15, 0.2) is 30.3 Å². The average Bonchev–Trinajstić information content (AvgIpc) is 3.09. The number of piperidine rings is 1. The molecule has 0 aliphatic carbocycles. The lowest BCUT2D eigenvalue weighted by molar-refractivity contribution is -0.136. The first-order chi connectivity index (χ1) is 15.7. The van der Waals surface area contributed by atoms with Crippen molar-refractivity contribution < 1.29 is 28.7 Å². The molecule has 2 aromatic rings. The van der Waals surface area contributed by atoms with Crippen LogP contribution in [-0.2, 0) is 16.1 Å². The second-order valence-electron chi connectivity index (χ2n) is 7.62. The molecule has 10 nitrogen and oxygen atoms in total. The zero-order valence-electron chi connectivity index (χ0n) is 17.4. The van der Waals surface area contributed by atoms with Crippen molar-refractivity contribution in [3.8, 4) is 5.75 Å². The average molecular weight is 471 g/mol. The number of imide groups is 1. The third-order valence-corrected chi connectivity index (χ3v) is 5.78. The van der Waals surface area contributed by atoms with Gasteiger partial charge < -0.3 is 20.7 Å². The molecule has 2 aliphatic rings. The Kier molecular flexibility index (Phi) is 5.77. The number of fused-ring (bicyclic) bond motifs is 1. The first kappa shape index (κ1) is 22.3. The molecular weight excluding hydrogens is 452 g/mol. The number of nitrogens with zero attached hydrogens (tertiary/aromatic N) is 1. The van der Waals surface area contributed by atoms with Crippen LogP contribution >= 0.6 is 11.6 Å². The summed E-state index contributed by atoms with van der Waals surface area (Å²) in [6, 6.07) is 6.56. The SMILES string of the molecule is COc1c(NC(=O)c2ccc3c(c2)CN(C2CCC(=O)NC2=O)C3=O)cc(Cl)cc1C(N)=O. The summed E-state index contributed by atoms with van der Waals surface area (Å²) in [5.74, 6) is -2.44. The summed E-state index contributed by atoms with van der Waals surface area (Å²) in [5.41, 5.74) is 6.74. The molecule has 33 heavy (non-hydrogen) atoms. The Bertz CT molecular complexity index is 1230. The van der Waals surface area contributed by atoms with Crippen molar-refractivity contribution in [3.63, 3.8) is 0 Å². The highest BCUT2D eigenvalue weighted by molar-refractivity contribution is 6.31. The zero-order chi connectivity index (χ0) is 23.9. The minimum atomic E-state index is -0.769. The summed E-state index contributed by atoms with van der Waals surface area (Å²) < 4.78 is 5.23. The van der Waals surface area contributed by atoms with Gasteiger partial charge in [-0.05, 0) is 42.3 Å². The summed E-state index contributed by atoms with van der Waals surface area (Å²) in [4.78, 5) is 62.4. The maximum atomic E-state index is 12.9. The van der Waals surface area contributed by atoms with Crippen molar-refractivity contribution in [1.82, 2.24) is 10.2 Å². The molecule has 1 fully saturated rings. The number of methoxy groups -OCH3 is 1. The Hall–Kier alpha value is -3.92. The van der Waals surface area contributed by atoms with E-state index in [1.165, 1.54) is 36.3 Å². The molecule has 2 aromatic carbocycles. The summed E-state index contributed by atoms with van der Waals surface area (Å²) in [6.07, 6.45) is 0.396. The summed E-state index contributed by atoms with van der Waals surface area (Å²) in [6.45, 7) is 0.133. The van der Waals surface area contributed by atoms with Gasteiger partial charge in [0, 0.05) is 29.1 Å². The molecule has 4 N–H and O–H groups in total. The van der Waals surface area contributed by atoms with Gasteiger partial charge in [0.15, 0.2) is 5.75 Å². The van der Waals surface area contributed by atoms with E-state index in [2.05, 4.69) is 10.6 Å². The quantitative estimate of drug-likeness (QED) is 0.563. The predicted octanol–water partition coefficient (Wildman–Crippen LogP) is 1.46. The largest absolute Gasteiger partial charge is 0.494 e. The third kappa shape index (κ3) is 4.12. The van der Waals surface area contributed by atoms with Crippen LogP contribution < -0.4 is 21.1 Å². The van der Waals surface area contributed by atoms with Gasteiger partial charge in [-0.15, -0.1) is 0 Å². The lowest BCUT2D eigenvalue weighted by atomic mass is 10.0. The van der Waals surface area contributed by atoms with Crippen LogP contribution in [0.2, 0.25) is 5.02 Å². The van der Waals surface area contributed by atoms with E-state index in [4.69, 9.17) is 22.1 Å². The Morgan fingerprint density at radius 2 is 1.97 bits per heavy atom. The maximum absolute atomic E-state index is 12.9. The van der Waals surface area contributed by atoms with E-state index in [0.29, 0.717) is 11.1 Å². The van der Waals surface area contributed by atoms with Crippen LogP contribution in [0.1, 0.15) is 49.5 Å². The third-order valence-electron chi connectivity index (χ3n) is 5.56. The number of carbonyl (C=O) groups excluding carboxylic acids is 5. The zero-order valence-corrected chi connectivity index (χ0v) is 18.2. The van der Waals surface area contributed by atoms with E-state index >= 15 is 0 Å². The number of carbonyl (C=O) groups is 5. The maximum Gasteiger partial charge on any atom is 0.255 e. The molecule has 5 amide bonds. The molecule has 0 radical (unpaired) electrons. The molecule has 2 aliphatic heterocycles. The van der Waals surface area contributed by atoms with Crippen LogP contribution in [0.5, 0.6) is 5.75 Å². The van der Waals surface area contributed by atoms with Crippen LogP contribution in [0.4, 0.5) is 5.69 Å². The molecule has 1 unspecified atom stereocenters. The van der Waals surface area contributed by atoms with Gasteiger partial charge in [-0.3, -0.25) is 29.3 Å². The van der Waals surface area contributed by atoms with E-state index in [1.807, 2.05) is 0 Å². The fourth-order valence-corrected chi connectivity index (χ4v) is 4.22. The highest BCUT2D eigenvalue weighted by Crippen LogP contribution is 2.33. The normalized spacial score (nSPS) is 17.5. The molecule has 0 aromatic heterocycles. The Labute approximate surface area is 193 Å². The molecule has 0 bridgehead atoms. The van der Waals surface area contributed by atoms with Gasteiger partial charge in [-0.25, -0.2) is 0 Å². The van der Waals surface area contributed by atoms with E-state index in [-0.39, 0.29) is 58.8 Å². The highest BCUT2D eigenvalue weighted by Gasteiger charge is 2.39. The molecule has 0 saturated carbocycles. The number of benzene rings is 2. The van der Waals surface area contributed by atoms with Crippen LogP contribution in [-0.4, -0.2) is 47.6 Å². The van der Waals surface area contributed by atoms with Crippen LogP contribution in [0.25, 0.3) is 0 Å². The number of anilines is 1. The molecular formula is C22H19ClN4O6. The lowest BCUT2D eigenvalue weighted by Gasteiger charge is -2.29. The number of halogens is 1. The van der Waals surface area contributed by atoms with Crippen molar-refractivity contribution in [1.29, 1.82) is 0 Å². The number of hydrogen-bond donors (Lipinski definition) is 3. The van der Waals surface area contributed by atoms with Gasteiger partial charge >= 0.3 is 0 Å². The lowest BCUT2D eigenvalue weighted by Crippen LogP contribution is -2.52. The van der Waals surface area contributed by atoms with Gasteiger partial charge in [0.25, 0.3) is 17.7 Å². The minimum absolute atomic E-state index is 0.0136. The molecule has 1 atom stereocenters. The number of amides is 5. The summed E-state index contributed by atoms with van der Waals surface area (Å²) in [5, 5.41) is 5.07. The summed E-state index contributed by atoms with van der Waals surface area (Å²) in [7, 11) is 1.33. The van der Waals surface area contributed by atoms with E-state index in [9.17, 15) is 24.0 Å². The standard InChI is InChI=1S/C22H19ClN4O6/c1-33-18-14(19(24)29)7-12(23)8-15(18)25-20(30)10-2-3-13-11(6-10)9-27(22(13)32)16-4-5-17(28)26-21(16)31/h2-3,6-8,16H,4-5,9H2,1H3,(H2,24,29)(H,25,30)(H,26,28,31). The fraction of sp³-hybridized carbons (Fsp3) is 0.227. The van der Waals surface area contributed by atoms with Crippen molar-refractivity contribution in [3.05, 3.63) is 57.6 Å². The van der Waals surface area contributed by atoms with Gasteiger partial charge in [0.1, 0.15) is 6.04 Å². The second-order valence-corrected chi connectivity index (χ2v) is 8.06. The predicted molar refractivity (Wildman–Crippen MR) is 117 cm³/mol. The smallest absolute Gasteiger partial charge is 0.255 e. The van der Waals surface area contributed by atoms with Gasteiger partial charge in [0.2, 0.25) is 11.8 Å². The van der Waals surface area contributed by atoms with E-state index in [0.717, 1.165) is 0 Å². The summed E-state index contributed by atoms with van der Waals surface area (Å²) >= 11 is 6.04. The molecule has 170 valence electrons. The van der Waals surface area contributed by atoms with Crippen LogP contribution in [0, 0.1) is 0 Å². The van der Waals surface area contributed by atoms with Gasteiger partial charge in [0.05, 0.1) is 18.4 Å². The number of primary amides is 1. The Morgan fingerprint density at radius 3 is 2.64 bits per heavy atom. The monoisotopic (exact) mass is 470 g/mol. The number of hydrogen-bond acceptors (Lipinski definition) is 6. The minimum Gasteiger partial charge on any atom is -0.494 e. The number of rotatable bonds is 5. The van der Waals surface area contributed by atoms with E-state index in [1.54, 1.807) is 6.07 Å². The molecule has 11 heteroatoms. The molecule has 2 heterocycles. The topological polar surface area (TPSA) is 148 Å². The fourth-order valence-electron chi connectivity index (χ4n) is 4.00. The Balaban J connectivity index is 1.57. The van der Waals surface area contributed by atoms with Crippen molar-refractivity contribution in [2.75, 3.05) is 12.4 Å². The Morgan fingerprint density at radius 1 is 1.21 bits per heavy atom. The van der Waals surface area contributed by atoms with E-state index < -0.39 is 23.8 Å². The van der Waals surface area contributed by atoms with Crippen molar-refractivity contribution in [2.24, 2.45) is 5.73 Å². The van der Waals surface area contributed by atoms with Gasteiger partial charge in [-0.1, -0.05) is 11.6 Å². The molecule has 1 saturated heterocycles. The van der Waals surface area contributed by atoms with Gasteiger partial charge in [-0.2, -0.15) is 0 Å². The van der Waals surface area contributed by atoms with Crippen molar-refractivity contribution >= 4 is 46.8 Å². The van der Waals surface area contributed by atoms with Crippen LogP contribution in [0.3, 0.4) is 0 Å². The number of ether oxygens (including phenoxy) is 1. The first-order valence-electron chi connectivity index (χ1n) is 9.96. The second kappa shape index (κ2) is 8.55. The first-order valence-corrected chi connectivity index (χ1v) is 10.3. The number of nitrogens with one attached hydrogen (secondary N) is 2.